The second-order valence-electron chi connectivity index (χ2n) is 4.15. The zero-order valence-corrected chi connectivity index (χ0v) is 11.4. The number of nitriles is 1. The van der Waals surface area contributed by atoms with Crippen LogP contribution >= 0.6 is 11.8 Å². The number of hydrogen-bond acceptors (Lipinski definition) is 5. The molecule has 1 aromatic heterocycles. The molecule has 0 spiro atoms. The molecule has 0 aliphatic carbocycles. The molecule has 2 aromatic rings. The molecule has 0 aliphatic heterocycles. The molecule has 0 unspecified atom stereocenters. The lowest BCUT2D eigenvalue weighted by atomic mass is 10.1. The molecule has 2 rings (SSSR count). The number of rotatable bonds is 4. The maximum absolute atomic E-state index is 13.5. The molecule has 4 nitrogen and oxygen atoms in total. The monoisotopic (exact) mass is 277 g/mol. The molecule has 1 aromatic carbocycles. The van der Waals surface area contributed by atoms with E-state index in [1.807, 2.05) is 6.07 Å². The fraction of sp³-hybridized carbons (Fsp3) is 0.308. The second kappa shape index (κ2) is 5.85. The SMILES string of the molecule is CC(C)SCc1noc(-c2cccc(F)c2C#N)n1. The summed E-state index contributed by atoms with van der Waals surface area (Å²) in [6, 6.07) is 6.15. The molecule has 0 fully saturated rings. The highest BCUT2D eigenvalue weighted by Crippen LogP contribution is 2.24. The molecule has 0 N–H and O–H groups in total. The van der Waals surface area contributed by atoms with Gasteiger partial charge in [0.05, 0.1) is 11.3 Å². The van der Waals surface area contributed by atoms with Crippen LogP contribution in [-0.2, 0) is 5.75 Å². The average molecular weight is 277 g/mol. The Hall–Kier alpha value is -1.87. The van der Waals surface area contributed by atoms with Gasteiger partial charge in [0, 0.05) is 0 Å². The van der Waals surface area contributed by atoms with Gasteiger partial charge in [0.1, 0.15) is 17.4 Å². The van der Waals surface area contributed by atoms with Gasteiger partial charge in [-0.15, -0.1) is 0 Å². The summed E-state index contributed by atoms with van der Waals surface area (Å²) in [5.41, 5.74) is 0.255. The first kappa shape index (κ1) is 13.6. The van der Waals surface area contributed by atoms with Crippen molar-refractivity contribution in [1.82, 2.24) is 10.1 Å². The van der Waals surface area contributed by atoms with E-state index in [1.165, 1.54) is 12.1 Å². The number of aromatic nitrogens is 2. The minimum Gasteiger partial charge on any atom is -0.334 e. The fourth-order valence-electron chi connectivity index (χ4n) is 1.48. The fourth-order valence-corrected chi connectivity index (χ4v) is 2.08. The number of thioether (sulfide) groups is 1. The molecule has 98 valence electrons. The summed E-state index contributed by atoms with van der Waals surface area (Å²) in [5, 5.41) is 13.3. The van der Waals surface area contributed by atoms with Gasteiger partial charge < -0.3 is 4.52 Å². The van der Waals surface area contributed by atoms with Crippen LogP contribution in [0.15, 0.2) is 22.7 Å². The number of halogens is 1. The van der Waals surface area contributed by atoms with Crippen LogP contribution < -0.4 is 0 Å². The first-order chi connectivity index (χ1) is 9.11. The molecule has 0 saturated heterocycles. The summed E-state index contributed by atoms with van der Waals surface area (Å²) in [7, 11) is 0. The van der Waals surface area contributed by atoms with Crippen LogP contribution in [0.3, 0.4) is 0 Å². The highest BCUT2D eigenvalue weighted by atomic mass is 32.2. The summed E-state index contributed by atoms with van der Waals surface area (Å²) in [6.07, 6.45) is 0. The van der Waals surface area contributed by atoms with Gasteiger partial charge in [-0.25, -0.2) is 4.39 Å². The van der Waals surface area contributed by atoms with Crippen LogP contribution in [-0.4, -0.2) is 15.4 Å². The maximum atomic E-state index is 13.5. The Labute approximate surface area is 114 Å². The third-order valence-electron chi connectivity index (χ3n) is 2.37. The summed E-state index contributed by atoms with van der Waals surface area (Å²) in [4.78, 5) is 4.19. The molecule has 0 radical (unpaired) electrons. The normalized spacial score (nSPS) is 10.7. The molecule has 0 atom stereocenters. The number of benzene rings is 1. The summed E-state index contributed by atoms with van der Waals surface area (Å²) in [6.45, 7) is 4.15. The van der Waals surface area contributed by atoms with E-state index in [2.05, 4.69) is 24.0 Å². The Bertz CT molecular complexity index is 619. The molecule has 6 heteroatoms. The Morgan fingerprint density at radius 3 is 2.95 bits per heavy atom. The topological polar surface area (TPSA) is 62.7 Å². The van der Waals surface area contributed by atoms with Crippen molar-refractivity contribution >= 4 is 11.8 Å². The van der Waals surface area contributed by atoms with Crippen molar-refractivity contribution in [2.24, 2.45) is 0 Å². The van der Waals surface area contributed by atoms with Crippen molar-refractivity contribution < 1.29 is 8.91 Å². The largest absolute Gasteiger partial charge is 0.334 e. The van der Waals surface area contributed by atoms with Crippen molar-refractivity contribution in [3.05, 3.63) is 35.4 Å². The van der Waals surface area contributed by atoms with Gasteiger partial charge in [-0.3, -0.25) is 0 Å². The number of hydrogen-bond donors (Lipinski definition) is 0. The highest BCUT2D eigenvalue weighted by molar-refractivity contribution is 7.99. The van der Waals surface area contributed by atoms with Crippen LogP contribution in [0.25, 0.3) is 11.5 Å². The van der Waals surface area contributed by atoms with Crippen LogP contribution in [0, 0.1) is 17.1 Å². The van der Waals surface area contributed by atoms with Gasteiger partial charge in [0.25, 0.3) is 5.89 Å². The minimum atomic E-state index is -0.587. The van der Waals surface area contributed by atoms with E-state index >= 15 is 0 Å². The minimum absolute atomic E-state index is 0.0748. The van der Waals surface area contributed by atoms with Crippen LogP contribution in [0.2, 0.25) is 0 Å². The van der Waals surface area contributed by atoms with Gasteiger partial charge in [-0.05, 0) is 17.4 Å². The van der Waals surface area contributed by atoms with E-state index in [1.54, 1.807) is 17.8 Å². The third kappa shape index (κ3) is 3.12. The quantitative estimate of drug-likeness (QED) is 0.857. The molecule has 0 aliphatic rings. The lowest BCUT2D eigenvalue weighted by Gasteiger charge is -1.99. The van der Waals surface area contributed by atoms with Crippen LogP contribution in [0.4, 0.5) is 4.39 Å². The van der Waals surface area contributed by atoms with Gasteiger partial charge >= 0.3 is 0 Å². The Balaban J connectivity index is 2.29. The zero-order valence-electron chi connectivity index (χ0n) is 10.6. The Morgan fingerprint density at radius 2 is 2.26 bits per heavy atom. The lowest BCUT2D eigenvalue weighted by molar-refractivity contribution is 0.424. The average Bonchev–Trinajstić information content (AvgIpc) is 2.84. The van der Waals surface area contributed by atoms with E-state index < -0.39 is 5.82 Å². The van der Waals surface area contributed by atoms with Crippen LogP contribution in [0.1, 0.15) is 25.2 Å². The van der Waals surface area contributed by atoms with E-state index in [0.29, 0.717) is 22.4 Å². The predicted molar refractivity (Wildman–Crippen MR) is 70.8 cm³/mol. The first-order valence-corrected chi connectivity index (χ1v) is 6.80. The molecular weight excluding hydrogens is 265 g/mol. The van der Waals surface area contributed by atoms with E-state index in [4.69, 9.17) is 9.78 Å². The second-order valence-corrected chi connectivity index (χ2v) is 5.71. The molecule has 0 bridgehead atoms. The van der Waals surface area contributed by atoms with E-state index in [-0.39, 0.29) is 11.5 Å². The van der Waals surface area contributed by atoms with Crippen molar-refractivity contribution in [1.29, 1.82) is 5.26 Å². The maximum Gasteiger partial charge on any atom is 0.259 e. The third-order valence-corrected chi connectivity index (χ3v) is 3.46. The summed E-state index contributed by atoms with van der Waals surface area (Å²) >= 11 is 1.68. The van der Waals surface area contributed by atoms with E-state index in [0.717, 1.165) is 0 Å². The van der Waals surface area contributed by atoms with Crippen molar-refractivity contribution in [2.75, 3.05) is 0 Å². The van der Waals surface area contributed by atoms with Crippen LogP contribution in [0.5, 0.6) is 0 Å². The van der Waals surface area contributed by atoms with Crippen molar-refractivity contribution in [2.45, 2.75) is 24.9 Å². The predicted octanol–water partition coefficient (Wildman–Crippen LogP) is 3.39. The molecule has 0 amide bonds. The molecule has 19 heavy (non-hydrogen) atoms. The van der Waals surface area contributed by atoms with Crippen molar-refractivity contribution in [3.8, 4) is 17.5 Å². The Morgan fingerprint density at radius 1 is 1.47 bits per heavy atom. The van der Waals surface area contributed by atoms with Gasteiger partial charge in [0.2, 0.25) is 0 Å². The van der Waals surface area contributed by atoms with E-state index in [9.17, 15) is 4.39 Å². The zero-order chi connectivity index (χ0) is 13.8. The Kier molecular flexibility index (Phi) is 4.17. The highest BCUT2D eigenvalue weighted by Gasteiger charge is 2.16. The van der Waals surface area contributed by atoms with Crippen molar-refractivity contribution in [3.63, 3.8) is 0 Å². The van der Waals surface area contributed by atoms with Gasteiger partial charge in [-0.2, -0.15) is 22.0 Å². The first-order valence-electron chi connectivity index (χ1n) is 5.75. The molecular formula is C13H12FN3OS. The van der Waals surface area contributed by atoms with Gasteiger partial charge in [0.15, 0.2) is 5.82 Å². The standard InChI is InChI=1S/C13H12FN3OS/c1-8(2)19-7-12-16-13(18-17-12)9-4-3-5-11(14)10(9)6-15/h3-5,8H,7H2,1-2H3. The summed E-state index contributed by atoms with van der Waals surface area (Å²) in [5.74, 6) is 0.756. The molecule has 1 heterocycles. The smallest absolute Gasteiger partial charge is 0.259 e. The number of nitrogens with zero attached hydrogens (tertiary/aromatic N) is 3. The summed E-state index contributed by atoms with van der Waals surface area (Å²) < 4.78 is 18.6. The van der Waals surface area contributed by atoms with Gasteiger partial charge in [-0.1, -0.05) is 25.1 Å². The lowest BCUT2D eigenvalue weighted by Crippen LogP contribution is -1.92. The molecule has 0 saturated carbocycles.